The van der Waals surface area contributed by atoms with Crippen LogP contribution in [0.15, 0.2) is 12.1 Å². The molecule has 1 fully saturated rings. The molecule has 1 aliphatic rings. The lowest BCUT2D eigenvalue weighted by Crippen LogP contribution is -2.45. The van der Waals surface area contributed by atoms with E-state index in [1.54, 1.807) is 0 Å². The Morgan fingerprint density at radius 2 is 2.00 bits per heavy atom. The summed E-state index contributed by atoms with van der Waals surface area (Å²) in [5.41, 5.74) is 0.131. The Morgan fingerprint density at radius 3 is 2.50 bits per heavy atom. The Kier molecular flexibility index (Phi) is 4.82. The number of carbonyl (C=O) groups excluding carboxylic acids is 1. The van der Waals surface area contributed by atoms with Gasteiger partial charge in [-0.15, -0.1) is 0 Å². The van der Waals surface area contributed by atoms with Gasteiger partial charge in [-0.2, -0.15) is 0 Å². The van der Waals surface area contributed by atoms with Crippen molar-refractivity contribution in [2.24, 2.45) is 0 Å². The van der Waals surface area contributed by atoms with Crippen molar-refractivity contribution in [2.45, 2.75) is 6.10 Å². The molecule has 1 aliphatic heterocycles. The van der Waals surface area contributed by atoms with E-state index in [4.69, 9.17) is 33.0 Å². The van der Waals surface area contributed by atoms with Crippen molar-refractivity contribution in [3.8, 4) is 0 Å². The summed E-state index contributed by atoms with van der Waals surface area (Å²) in [5, 5.41) is 14.6. The zero-order valence-electron chi connectivity index (χ0n) is 10.3. The topological polar surface area (TPSA) is 87.7 Å². The van der Waals surface area contributed by atoms with Gasteiger partial charge in [0, 0.05) is 13.1 Å². The van der Waals surface area contributed by atoms with E-state index >= 15 is 0 Å². The maximum atomic E-state index is 12.0. The molecule has 8 heteroatoms. The molecule has 1 heterocycles. The lowest BCUT2D eigenvalue weighted by Gasteiger charge is -2.23. The van der Waals surface area contributed by atoms with Gasteiger partial charge in [0.2, 0.25) is 0 Å². The molecule has 0 radical (unpaired) electrons. The Bertz CT molecular complexity index is 521. The van der Waals surface area contributed by atoms with Gasteiger partial charge in [0.1, 0.15) is 6.10 Å². The highest BCUT2D eigenvalue weighted by molar-refractivity contribution is 6.40. The first kappa shape index (κ1) is 15.1. The number of carbonyl (C=O) groups is 2. The van der Waals surface area contributed by atoms with E-state index in [1.807, 2.05) is 0 Å². The van der Waals surface area contributed by atoms with Crippen LogP contribution < -0.4 is 10.6 Å². The van der Waals surface area contributed by atoms with Gasteiger partial charge in [-0.1, -0.05) is 23.2 Å². The summed E-state index contributed by atoms with van der Waals surface area (Å²) in [6.45, 7) is 1.53. The van der Waals surface area contributed by atoms with Crippen LogP contribution >= 0.6 is 23.2 Å². The van der Waals surface area contributed by atoms with E-state index in [-0.39, 0.29) is 27.2 Å². The minimum atomic E-state index is -1.15. The van der Waals surface area contributed by atoms with Crippen LogP contribution in [0, 0.1) is 0 Å². The molecule has 0 spiro atoms. The highest BCUT2D eigenvalue weighted by Crippen LogP contribution is 2.32. The number of benzene rings is 1. The molecule has 2 rings (SSSR count). The minimum Gasteiger partial charge on any atom is -0.478 e. The highest BCUT2D eigenvalue weighted by Gasteiger charge is 2.23. The predicted molar refractivity (Wildman–Crippen MR) is 74.7 cm³/mol. The summed E-state index contributed by atoms with van der Waals surface area (Å²) < 4.78 is 5.30. The SMILES string of the molecule is O=C(O)c1cc(Cl)c(NC(=O)C2CNCCO2)c(Cl)c1. The maximum absolute atomic E-state index is 12.0. The van der Waals surface area contributed by atoms with Gasteiger partial charge in [-0.05, 0) is 12.1 Å². The Labute approximate surface area is 125 Å². The molecular weight excluding hydrogens is 307 g/mol. The van der Waals surface area contributed by atoms with Crippen LogP contribution in [0.1, 0.15) is 10.4 Å². The first-order chi connectivity index (χ1) is 9.49. The number of hydrogen-bond acceptors (Lipinski definition) is 4. The summed E-state index contributed by atoms with van der Waals surface area (Å²) in [5.74, 6) is -1.53. The van der Waals surface area contributed by atoms with E-state index < -0.39 is 12.1 Å². The second-order valence-corrected chi connectivity index (χ2v) is 4.99. The normalized spacial score (nSPS) is 18.6. The van der Waals surface area contributed by atoms with Crippen molar-refractivity contribution in [3.05, 3.63) is 27.7 Å². The third kappa shape index (κ3) is 3.40. The van der Waals surface area contributed by atoms with Gasteiger partial charge in [-0.25, -0.2) is 4.79 Å². The predicted octanol–water partition coefficient (Wildman–Crippen LogP) is 1.62. The lowest BCUT2D eigenvalue weighted by atomic mass is 10.2. The van der Waals surface area contributed by atoms with Gasteiger partial charge in [0.15, 0.2) is 0 Å². The largest absolute Gasteiger partial charge is 0.478 e. The van der Waals surface area contributed by atoms with Gasteiger partial charge in [-0.3, -0.25) is 4.79 Å². The molecule has 6 nitrogen and oxygen atoms in total. The molecule has 0 aliphatic carbocycles. The van der Waals surface area contributed by atoms with Gasteiger partial charge < -0.3 is 20.5 Å². The Hall–Kier alpha value is -1.34. The number of nitrogens with one attached hydrogen (secondary N) is 2. The molecule has 0 bridgehead atoms. The molecule has 1 aromatic rings. The van der Waals surface area contributed by atoms with Crippen LogP contribution in [0.2, 0.25) is 10.0 Å². The molecule has 20 heavy (non-hydrogen) atoms. The number of carboxylic acid groups (broad SMARTS) is 1. The van der Waals surface area contributed by atoms with Crippen molar-refractivity contribution >= 4 is 40.8 Å². The number of ether oxygens (including phenoxy) is 1. The molecule has 3 N–H and O–H groups in total. The minimum absolute atomic E-state index is 0.0476. The van der Waals surface area contributed by atoms with E-state index in [0.29, 0.717) is 19.7 Å². The van der Waals surface area contributed by atoms with Crippen molar-refractivity contribution in [1.29, 1.82) is 0 Å². The van der Waals surface area contributed by atoms with E-state index in [9.17, 15) is 9.59 Å². The van der Waals surface area contributed by atoms with Crippen molar-refractivity contribution in [1.82, 2.24) is 5.32 Å². The smallest absolute Gasteiger partial charge is 0.335 e. The third-order valence-corrected chi connectivity index (χ3v) is 3.35. The summed E-state index contributed by atoms with van der Waals surface area (Å²) in [6.07, 6.45) is -0.630. The van der Waals surface area contributed by atoms with Crippen LogP contribution in [-0.2, 0) is 9.53 Å². The van der Waals surface area contributed by atoms with Crippen LogP contribution in [0.4, 0.5) is 5.69 Å². The van der Waals surface area contributed by atoms with Gasteiger partial charge >= 0.3 is 5.97 Å². The zero-order chi connectivity index (χ0) is 14.7. The highest BCUT2D eigenvalue weighted by atomic mass is 35.5. The molecule has 108 valence electrons. The van der Waals surface area contributed by atoms with Crippen molar-refractivity contribution in [3.63, 3.8) is 0 Å². The summed E-state index contributed by atoms with van der Waals surface area (Å²) in [6, 6.07) is 2.46. The molecule has 1 unspecified atom stereocenters. The molecule has 0 aromatic heterocycles. The number of carboxylic acids is 1. The first-order valence-corrected chi connectivity index (χ1v) is 6.60. The number of aromatic carboxylic acids is 1. The second-order valence-electron chi connectivity index (χ2n) is 4.17. The van der Waals surface area contributed by atoms with Crippen LogP contribution in [0.25, 0.3) is 0 Å². The summed E-state index contributed by atoms with van der Waals surface area (Å²) in [4.78, 5) is 22.8. The first-order valence-electron chi connectivity index (χ1n) is 5.84. The second kappa shape index (κ2) is 6.41. The fourth-order valence-corrected chi connectivity index (χ4v) is 2.34. The average Bonchev–Trinajstić information content (AvgIpc) is 2.43. The van der Waals surface area contributed by atoms with E-state index in [0.717, 1.165) is 0 Å². The third-order valence-electron chi connectivity index (χ3n) is 2.76. The number of morpholine rings is 1. The fourth-order valence-electron chi connectivity index (χ4n) is 1.75. The van der Waals surface area contributed by atoms with E-state index in [2.05, 4.69) is 10.6 Å². The molecular formula is C12H12Cl2N2O4. The average molecular weight is 319 g/mol. The van der Waals surface area contributed by atoms with Crippen LogP contribution in [-0.4, -0.2) is 42.8 Å². The number of rotatable bonds is 3. The van der Waals surface area contributed by atoms with Gasteiger partial charge in [0.25, 0.3) is 5.91 Å². The number of amides is 1. The van der Waals surface area contributed by atoms with Crippen LogP contribution in [0.3, 0.4) is 0 Å². The monoisotopic (exact) mass is 318 g/mol. The summed E-state index contributed by atoms with van der Waals surface area (Å²) in [7, 11) is 0. The quantitative estimate of drug-likeness (QED) is 0.788. The van der Waals surface area contributed by atoms with E-state index in [1.165, 1.54) is 12.1 Å². The zero-order valence-corrected chi connectivity index (χ0v) is 11.8. The summed E-state index contributed by atoms with van der Waals surface area (Å²) >= 11 is 11.9. The van der Waals surface area contributed by atoms with Crippen molar-refractivity contribution in [2.75, 3.05) is 25.0 Å². The molecule has 0 saturated carbocycles. The molecule has 1 amide bonds. The maximum Gasteiger partial charge on any atom is 0.335 e. The molecule has 1 aromatic carbocycles. The van der Waals surface area contributed by atoms with Gasteiger partial charge in [0.05, 0.1) is 27.9 Å². The number of hydrogen-bond donors (Lipinski definition) is 3. The number of anilines is 1. The van der Waals surface area contributed by atoms with Crippen molar-refractivity contribution < 1.29 is 19.4 Å². The lowest BCUT2D eigenvalue weighted by molar-refractivity contribution is -0.128. The number of halogens is 2. The van der Waals surface area contributed by atoms with Crippen LogP contribution in [0.5, 0.6) is 0 Å². The molecule has 1 saturated heterocycles. The Morgan fingerprint density at radius 1 is 1.35 bits per heavy atom. The fraction of sp³-hybridized carbons (Fsp3) is 0.333. The Balaban J connectivity index is 2.16. The standard InChI is InChI=1S/C12H12Cl2N2O4/c13-7-3-6(12(18)19)4-8(14)10(7)16-11(17)9-5-15-1-2-20-9/h3-4,9,15H,1-2,5H2,(H,16,17)(H,18,19). The molecule has 1 atom stereocenters.